The zero-order valence-electron chi connectivity index (χ0n) is 11.7. The van der Waals surface area contributed by atoms with Gasteiger partial charge in [-0.25, -0.2) is 0 Å². The molecule has 2 saturated carbocycles. The summed E-state index contributed by atoms with van der Waals surface area (Å²) in [5, 5.41) is 0. The molecule has 1 nitrogen and oxygen atoms in total. The van der Waals surface area contributed by atoms with Crippen LogP contribution in [0.15, 0.2) is 0 Å². The zero-order chi connectivity index (χ0) is 11.8. The average Bonchev–Trinajstić information content (AvgIpc) is 2.28. The molecule has 0 N–H and O–H groups in total. The van der Waals surface area contributed by atoms with E-state index in [-0.39, 0.29) is 0 Å². The van der Waals surface area contributed by atoms with Crippen LogP contribution in [0.3, 0.4) is 0 Å². The molecule has 0 aromatic carbocycles. The quantitative estimate of drug-likeness (QED) is 0.658. The summed E-state index contributed by atoms with van der Waals surface area (Å²) in [6, 6.07) is 2.63. The molecule has 98 valence electrons. The lowest BCUT2D eigenvalue weighted by molar-refractivity contribution is 0.000876. The third kappa shape index (κ3) is 2.41. The number of nitrogens with zero attached hydrogens (tertiary/aromatic N) is 1. The molecule has 1 heteroatoms. The van der Waals surface area contributed by atoms with Gasteiger partial charge >= 0.3 is 0 Å². The van der Waals surface area contributed by atoms with Crippen LogP contribution in [-0.4, -0.2) is 23.0 Å². The van der Waals surface area contributed by atoms with Crippen molar-refractivity contribution in [2.24, 2.45) is 11.8 Å². The molecule has 0 amide bonds. The second kappa shape index (κ2) is 4.91. The highest BCUT2D eigenvalue weighted by Crippen LogP contribution is 2.43. The van der Waals surface area contributed by atoms with Gasteiger partial charge in [-0.3, -0.25) is 4.90 Å². The van der Waals surface area contributed by atoms with Gasteiger partial charge in [-0.05, 0) is 57.8 Å². The number of fused-ring (bicyclic) bond motifs is 2. The van der Waals surface area contributed by atoms with Crippen molar-refractivity contribution in [3.63, 3.8) is 0 Å². The van der Waals surface area contributed by atoms with Crippen molar-refractivity contribution in [3.05, 3.63) is 0 Å². The third-order valence-electron chi connectivity index (χ3n) is 5.79. The summed E-state index contributed by atoms with van der Waals surface area (Å²) in [4.78, 5) is 2.91. The van der Waals surface area contributed by atoms with E-state index in [1.807, 2.05) is 0 Å². The van der Waals surface area contributed by atoms with Gasteiger partial charge in [0.1, 0.15) is 0 Å². The fourth-order valence-corrected chi connectivity index (χ4v) is 5.10. The average molecular weight is 235 g/mol. The zero-order valence-corrected chi connectivity index (χ0v) is 11.7. The molecule has 0 aromatic heterocycles. The van der Waals surface area contributed by atoms with Crippen LogP contribution >= 0.6 is 0 Å². The number of rotatable bonds is 1. The maximum absolute atomic E-state index is 2.91. The van der Waals surface area contributed by atoms with Crippen LogP contribution in [0.25, 0.3) is 0 Å². The second-order valence-electron chi connectivity index (χ2n) is 7.10. The second-order valence-corrected chi connectivity index (χ2v) is 7.10. The van der Waals surface area contributed by atoms with Gasteiger partial charge in [0, 0.05) is 18.1 Å². The maximum Gasteiger partial charge on any atom is 0.0106 e. The van der Waals surface area contributed by atoms with E-state index in [1.165, 1.54) is 51.4 Å². The Morgan fingerprint density at radius 2 is 1.24 bits per heavy atom. The molecule has 0 spiro atoms. The summed E-state index contributed by atoms with van der Waals surface area (Å²) in [6.07, 6.45) is 13.5. The van der Waals surface area contributed by atoms with E-state index in [4.69, 9.17) is 0 Å². The van der Waals surface area contributed by atoms with Crippen molar-refractivity contribution in [1.29, 1.82) is 0 Å². The van der Waals surface area contributed by atoms with Crippen LogP contribution < -0.4 is 0 Å². The fraction of sp³-hybridized carbons (Fsp3) is 1.00. The van der Waals surface area contributed by atoms with E-state index in [2.05, 4.69) is 18.7 Å². The molecule has 0 radical (unpaired) electrons. The Balaban J connectivity index is 1.70. The van der Waals surface area contributed by atoms with Gasteiger partial charge in [0.05, 0.1) is 0 Å². The van der Waals surface area contributed by atoms with E-state index < -0.39 is 0 Å². The van der Waals surface area contributed by atoms with Gasteiger partial charge in [-0.15, -0.1) is 0 Å². The highest BCUT2D eigenvalue weighted by Gasteiger charge is 2.38. The minimum absolute atomic E-state index is 0.850. The van der Waals surface area contributed by atoms with Crippen LogP contribution in [0.1, 0.15) is 71.6 Å². The third-order valence-corrected chi connectivity index (χ3v) is 5.79. The minimum Gasteiger partial charge on any atom is -0.295 e. The lowest BCUT2D eigenvalue weighted by atomic mass is 9.69. The summed E-state index contributed by atoms with van der Waals surface area (Å²) in [5.74, 6) is 2.16. The Morgan fingerprint density at radius 1 is 0.706 bits per heavy atom. The lowest BCUT2D eigenvalue weighted by Crippen LogP contribution is -2.52. The molecule has 0 aromatic rings. The monoisotopic (exact) mass is 235 g/mol. The van der Waals surface area contributed by atoms with Gasteiger partial charge < -0.3 is 0 Å². The van der Waals surface area contributed by atoms with Crippen LogP contribution in [0.5, 0.6) is 0 Å². The van der Waals surface area contributed by atoms with Crippen LogP contribution in [0.2, 0.25) is 0 Å². The Hall–Kier alpha value is -0.0400. The molecule has 2 aliphatic carbocycles. The topological polar surface area (TPSA) is 3.24 Å². The molecular formula is C16H29N. The Morgan fingerprint density at radius 3 is 1.82 bits per heavy atom. The molecule has 3 aliphatic rings. The van der Waals surface area contributed by atoms with Crippen molar-refractivity contribution in [3.8, 4) is 0 Å². The Labute approximate surface area is 107 Å². The molecule has 1 aliphatic heterocycles. The van der Waals surface area contributed by atoms with Crippen molar-refractivity contribution in [2.75, 3.05) is 0 Å². The normalized spacial score (nSPS) is 48.0. The Kier molecular flexibility index (Phi) is 3.47. The summed E-state index contributed by atoms with van der Waals surface area (Å²) < 4.78 is 0. The fourth-order valence-electron chi connectivity index (χ4n) is 5.10. The largest absolute Gasteiger partial charge is 0.295 e. The van der Waals surface area contributed by atoms with Gasteiger partial charge in [-0.2, -0.15) is 0 Å². The first kappa shape index (κ1) is 12.0. The maximum atomic E-state index is 2.91. The first-order chi connectivity index (χ1) is 8.24. The molecule has 3 fully saturated rings. The highest BCUT2D eigenvalue weighted by molar-refractivity contribution is 4.92. The first-order valence-electron chi connectivity index (χ1n) is 8.01. The predicted octanol–water partition coefficient (Wildman–Crippen LogP) is 4.22. The first-order valence-corrected chi connectivity index (χ1v) is 8.01. The van der Waals surface area contributed by atoms with E-state index in [1.54, 1.807) is 6.42 Å². The van der Waals surface area contributed by atoms with Crippen molar-refractivity contribution >= 4 is 0 Å². The van der Waals surface area contributed by atoms with Crippen LogP contribution in [0.4, 0.5) is 0 Å². The molecule has 4 atom stereocenters. The summed E-state index contributed by atoms with van der Waals surface area (Å²) in [6.45, 7) is 4.94. The van der Waals surface area contributed by atoms with Crippen LogP contribution in [0, 0.1) is 11.8 Å². The van der Waals surface area contributed by atoms with E-state index in [0.29, 0.717) is 0 Å². The Bertz CT molecular complexity index is 240. The molecule has 1 saturated heterocycles. The van der Waals surface area contributed by atoms with Gasteiger partial charge in [0.25, 0.3) is 0 Å². The van der Waals surface area contributed by atoms with Gasteiger partial charge in [0.2, 0.25) is 0 Å². The summed E-state index contributed by atoms with van der Waals surface area (Å²) >= 11 is 0. The standard InChI is InChI=1S/C16H29N/c1-12-5-3-6-13(2)17(12)16-10-14-7-4-8-15(9-14)11-16/h12-16H,3-11H2,1-2H3. The SMILES string of the molecule is CC1CCCC(C)N1C1CC2CCCC(C2)C1. The summed E-state index contributed by atoms with van der Waals surface area (Å²) in [7, 11) is 0. The van der Waals surface area contributed by atoms with Crippen molar-refractivity contribution in [1.82, 2.24) is 4.90 Å². The number of likely N-dealkylation sites (tertiary alicyclic amines) is 1. The van der Waals surface area contributed by atoms with E-state index in [0.717, 1.165) is 30.0 Å². The minimum atomic E-state index is 0.850. The molecule has 2 bridgehead atoms. The number of piperidine rings is 1. The molecule has 4 unspecified atom stereocenters. The van der Waals surface area contributed by atoms with E-state index >= 15 is 0 Å². The molecular weight excluding hydrogens is 206 g/mol. The lowest BCUT2D eigenvalue weighted by Gasteiger charge is -2.50. The molecule has 17 heavy (non-hydrogen) atoms. The summed E-state index contributed by atoms with van der Waals surface area (Å²) in [5.41, 5.74) is 0. The smallest absolute Gasteiger partial charge is 0.0106 e. The van der Waals surface area contributed by atoms with Crippen molar-refractivity contribution < 1.29 is 0 Å². The number of hydrogen-bond donors (Lipinski definition) is 0. The molecule has 3 rings (SSSR count). The van der Waals surface area contributed by atoms with Crippen molar-refractivity contribution in [2.45, 2.75) is 89.8 Å². The van der Waals surface area contributed by atoms with Gasteiger partial charge in [-0.1, -0.05) is 25.7 Å². The van der Waals surface area contributed by atoms with E-state index in [9.17, 15) is 0 Å². The predicted molar refractivity (Wildman–Crippen MR) is 73.1 cm³/mol. The van der Waals surface area contributed by atoms with Gasteiger partial charge in [0.15, 0.2) is 0 Å². The highest BCUT2D eigenvalue weighted by atomic mass is 15.2. The molecule has 1 heterocycles. The number of hydrogen-bond acceptors (Lipinski definition) is 1. The van der Waals surface area contributed by atoms with Crippen LogP contribution in [-0.2, 0) is 0 Å².